The molecule has 0 unspecified atom stereocenters. The fraction of sp³-hybridized carbons (Fsp3) is 0.143. The van der Waals surface area contributed by atoms with Crippen LogP contribution >= 0.6 is 0 Å². The summed E-state index contributed by atoms with van der Waals surface area (Å²) in [6.07, 6.45) is 0. The number of hydrogen-bond acceptors (Lipinski definition) is 4. The first-order valence-corrected chi connectivity index (χ1v) is 5.77. The minimum Gasteiger partial charge on any atom is -0.508 e. The average Bonchev–Trinajstić information content (AvgIpc) is 2.83. The first-order chi connectivity index (χ1) is 9.06. The number of nitrogens with one attached hydrogen (secondary N) is 1. The Labute approximate surface area is 110 Å². The van der Waals surface area contributed by atoms with Crippen LogP contribution in [0.3, 0.4) is 0 Å². The molecule has 0 spiro atoms. The number of rotatable bonds is 3. The highest BCUT2D eigenvalue weighted by Gasteiger charge is 2.06. The van der Waals surface area contributed by atoms with E-state index in [4.69, 9.17) is 9.52 Å². The highest BCUT2D eigenvalue weighted by atomic mass is 16.3. The molecule has 0 aliphatic carbocycles. The molecule has 0 atom stereocenters. The van der Waals surface area contributed by atoms with Crippen LogP contribution in [0.1, 0.15) is 28.8 Å². The Morgan fingerprint density at radius 3 is 2.47 bits per heavy atom. The molecule has 2 aromatic rings. The number of furan rings is 1. The van der Waals surface area contributed by atoms with E-state index < -0.39 is 0 Å². The molecule has 2 rings (SSSR count). The van der Waals surface area contributed by atoms with Gasteiger partial charge >= 0.3 is 0 Å². The molecule has 0 saturated heterocycles. The van der Waals surface area contributed by atoms with Gasteiger partial charge in [-0.05, 0) is 50.2 Å². The number of phenols is 1. The second kappa shape index (κ2) is 5.39. The maximum absolute atomic E-state index is 11.8. The third kappa shape index (κ3) is 3.22. The van der Waals surface area contributed by atoms with Crippen molar-refractivity contribution in [2.75, 3.05) is 0 Å². The van der Waals surface area contributed by atoms with Crippen molar-refractivity contribution >= 4 is 11.6 Å². The summed E-state index contributed by atoms with van der Waals surface area (Å²) in [5.74, 6) is 1.17. The van der Waals surface area contributed by atoms with E-state index in [2.05, 4.69) is 10.5 Å². The van der Waals surface area contributed by atoms with Crippen molar-refractivity contribution in [3.05, 3.63) is 53.5 Å². The molecule has 0 saturated carbocycles. The predicted molar refractivity (Wildman–Crippen MR) is 71.2 cm³/mol. The molecule has 98 valence electrons. The fourth-order valence-electron chi connectivity index (χ4n) is 1.50. The largest absolute Gasteiger partial charge is 0.508 e. The summed E-state index contributed by atoms with van der Waals surface area (Å²) in [5, 5.41) is 13.1. The molecule has 0 fully saturated rings. The number of phenolic OH excluding ortho intramolecular Hbond substituents is 1. The summed E-state index contributed by atoms with van der Waals surface area (Å²) in [4.78, 5) is 11.8. The third-order valence-corrected chi connectivity index (χ3v) is 2.55. The zero-order valence-corrected chi connectivity index (χ0v) is 10.7. The fourth-order valence-corrected chi connectivity index (χ4v) is 1.50. The van der Waals surface area contributed by atoms with Gasteiger partial charge in [-0.3, -0.25) is 4.79 Å². The first kappa shape index (κ1) is 12.9. The van der Waals surface area contributed by atoms with Gasteiger partial charge in [0.25, 0.3) is 5.91 Å². The molecule has 5 nitrogen and oxygen atoms in total. The van der Waals surface area contributed by atoms with Crippen molar-refractivity contribution in [3.63, 3.8) is 0 Å². The van der Waals surface area contributed by atoms with Crippen molar-refractivity contribution in [3.8, 4) is 5.75 Å². The van der Waals surface area contributed by atoms with Gasteiger partial charge < -0.3 is 9.52 Å². The zero-order valence-electron chi connectivity index (χ0n) is 10.7. The van der Waals surface area contributed by atoms with Gasteiger partial charge in [0.05, 0.1) is 0 Å². The summed E-state index contributed by atoms with van der Waals surface area (Å²) in [6, 6.07) is 9.55. The molecule has 0 aliphatic rings. The predicted octanol–water partition coefficient (Wildman–Crippen LogP) is 2.45. The van der Waals surface area contributed by atoms with Gasteiger partial charge in [0, 0.05) is 5.56 Å². The van der Waals surface area contributed by atoms with Crippen molar-refractivity contribution in [2.24, 2.45) is 5.10 Å². The molecule has 5 heteroatoms. The molecule has 1 amide bonds. The lowest BCUT2D eigenvalue weighted by Gasteiger charge is -2.01. The number of amides is 1. The number of carbonyl (C=O) groups is 1. The second-order valence-corrected chi connectivity index (χ2v) is 4.10. The van der Waals surface area contributed by atoms with E-state index in [0.717, 1.165) is 5.76 Å². The number of hydrazone groups is 1. The van der Waals surface area contributed by atoms with E-state index in [0.29, 0.717) is 17.0 Å². The van der Waals surface area contributed by atoms with Crippen LogP contribution in [-0.2, 0) is 0 Å². The Morgan fingerprint density at radius 2 is 1.89 bits per heavy atom. The van der Waals surface area contributed by atoms with Gasteiger partial charge in [-0.1, -0.05) is 0 Å². The lowest BCUT2D eigenvalue weighted by molar-refractivity contribution is 0.0955. The minimum absolute atomic E-state index is 0.113. The van der Waals surface area contributed by atoms with E-state index in [1.165, 1.54) is 24.3 Å². The van der Waals surface area contributed by atoms with Crippen LogP contribution in [0, 0.1) is 6.92 Å². The molecular formula is C14H14N2O3. The zero-order chi connectivity index (χ0) is 13.8. The molecule has 19 heavy (non-hydrogen) atoms. The minimum atomic E-state index is -0.345. The van der Waals surface area contributed by atoms with Crippen LogP contribution in [0.25, 0.3) is 0 Å². The highest BCUT2D eigenvalue weighted by Crippen LogP contribution is 2.10. The van der Waals surface area contributed by atoms with E-state index in [1.54, 1.807) is 13.0 Å². The Kier molecular flexibility index (Phi) is 3.66. The lowest BCUT2D eigenvalue weighted by atomic mass is 10.2. The Balaban J connectivity index is 2.05. The summed E-state index contributed by atoms with van der Waals surface area (Å²) >= 11 is 0. The SMILES string of the molecule is CC(=NNC(=O)c1ccc(O)cc1)c1ccc(C)o1. The highest BCUT2D eigenvalue weighted by molar-refractivity contribution is 5.99. The van der Waals surface area contributed by atoms with Crippen molar-refractivity contribution in [2.45, 2.75) is 13.8 Å². The lowest BCUT2D eigenvalue weighted by Crippen LogP contribution is -2.19. The quantitative estimate of drug-likeness (QED) is 0.656. The normalized spacial score (nSPS) is 11.4. The smallest absolute Gasteiger partial charge is 0.271 e. The summed E-state index contributed by atoms with van der Waals surface area (Å²) in [7, 11) is 0. The van der Waals surface area contributed by atoms with Gasteiger partial charge in [-0.25, -0.2) is 5.43 Å². The van der Waals surface area contributed by atoms with Gasteiger partial charge in [0.2, 0.25) is 0 Å². The summed E-state index contributed by atoms with van der Waals surface area (Å²) in [6.45, 7) is 3.58. The van der Waals surface area contributed by atoms with Crippen LogP contribution in [0.4, 0.5) is 0 Å². The maximum atomic E-state index is 11.8. The summed E-state index contributed by atoms with van der Waals surface area (Å²) in [5.41, 5.74) is 3.44. The third-order valence-electron chi connectivity index (χ3n) is 2.55. The molecule has 1 aromatic carbocycles. The Bertz CT molecular complexity index is 612. The number of aromatic hydroxyl groups is 1. The van der Waals surface area contributed by atoms with Gasteiger partial charge in [-0.15, -0.1) is 0 Å². The van der Waals surface area contributed by atoms with Crippen LogP contribution < -0.4 is 5.43 Å². The molecule has 2 N–H and O–H groups in total. The monoisotopic (exact) mass is 258 g/mol. The second-order valence-electron chi connectivity index (χ2n) is 4.10. The molecule has 1 aromatic heterocycles. The molecule has 0 bridgehead atoms. The molecule has 1 heterocycles. The van der Waals surface area contributed by atoms with Crippen LogP contribution in [0.5, 0.6) is 5.75 Å². The van der Waals surface area contributed by atoms with Gasteiger partial charge in [0.15, 0.2) is 0 Å². The van der Waals surface area contributed by atoms with Crippen molar-refractivity contribution in [1.29, 1.82) is 0 Å². The van der Waals surface area contributed by atoms with Crippen LogP contribution in [0.2, 0.25) is 0 Å². The molecule has 0 aliphatic heterocycles. The Hall–Kier alpha value is -2.56. The van der Waals surface area contributed by atoms with Gasteiger partial charge in [-0.2, -0.15) is 5.10 Å². The van der Waals surface area contributed by atoms with E-state index >= 15 is 0 Å². The average molecular weight is 258 g/mol. The molecular weight excluding hydrogens is 244 g/mol. The number of hydrogen-bond donors (Lipinski definition) is 2. The number of aryl methyl sites for hydroxylation is 1. The van der Waals surface area contributed by atoms with E-state index in [1.807, 2.05) is 13.0 Å². The Morgan fingerprint density at radius 1 is 1.21 bits per heavy atom. The van der Waals surface area contributed by atoms with Crippen molar-refractivity contribution in [1.82, 2.24) is 5.43 Å². The van der Waals surface area contributed by atoms with Crippen LogP contribution in [-0.4, -0.2) is 16.7 Å². The van der Waals surface area contributed by atoms with E-state index in [-0.39, 0.29) is 11.7 Å². The van der Waals surface area contributed by atoms with Gasteiger partial charge in [0.1, 0.15) is 23.0 Å². The standard InChI is InChI=1S/C14H14N2O3/c1-9-3-8-13(19-9)10(2)15-16-14(18)11-4-6-12(17)7-5-11/h3-8,17H,1-2H3,(H,16,18). The first-order valence-electron chi connectivity index (χ1n) is 5.77. The van der Waals surface area contributed by atoms with Crippen LogP contribution in [0.15, 0.2) is 45.9 Å². The number of nitrogens with zero attached hydrogens (tertiary/aromatic N) is 1. The molecule has 0 radical (unpaired) electrons. The maximum Gasteiger partial charge on any atom is 0.271 e. The summed E-state index contributed by atoms with van der Waals surface area (Å²) < 4.78 is 5.38. The number of benzene rings is 1. The topological polar surface area (TPSA) is 74.8 Å². The van der Waals surface area contributed by atoms with E-state index in [9.17, 15) is 4.79 Å². The number of carbonyl (C=O) groups excluding carboxylic acids is 1. The van der Waals surface area contributed by atoms with Crippen molar-refractivity contribution < 1.29 is 14.3 Å².